The number of aromatic nitrogens is 2. The molecule has 1 aliphatic carbocycles. The van der Waals surface area contributed by atoms with E-state index in [0.717, 1.165) is 43.0 Å². The molecule has 1 saturated heterocycles. The average molecular weight is 335 g/mol. The van der Waals surface area contributed by atoms with Crippen LogP contribution in [0, 0.1) is 24.7 Å². The molecule has 0 radical (unpaired) electrons. The molecule has 2 aromatic rings. The number of halogens is 1. The molecule has 2 unspecified atom stereocenters. The minimum atomic E-state index is 0. The SMILES string of the molecule is Cc1cccn2c(NC(=O)C3CC4CNCC(C4)C3)cnc12.Cl. The maximum Gasteiger partial charge on any atom is 0.228 e. The molecule has 2 N–H and O–H groups in total. The van der Waals surface area contributed by atoms with Crippen LogP contribution in [0.25, 0.3) is 5.65 Å². The highest BCUT2D eigenvalue weighted by molar-refractivity contribution is 5.92. The summed E-state index contributed by atoms with van der Waals surface area (Å²) in [5.74, 6) is 2.39. The summed E-state index contributed by atoms with van der Waals surface area (Å²) in [5, 5.41) is 6.57. The van der Waals surface area contributed by atoms with E-state index in [2.05, 4.69) is 15.6 Å². The first kappa shape index (κ1) is 16.3. The fraction of sp³-hybridized carbons (Fsp3) is 0.529. The van der Waals surface area contributed by atoms with E-state index in [0.29, 0.717) is 11.8 Å². The number of amides is 1. The molecule has 23 heavy (non-hydrogen) atoms. The van der Waals surface area contributed by atoms with Crippen molar-refractivity contribution in [2.45, 2.75) is 26.2 Å². The summed E-state index contributed by atoms with van der Waals surface area (Å²) in [6.07, 6.45) is 7.00. The van der Waals surface area contributed by atoms with Crippen molar-refractivity contribution in [3.8, 4) is 0 Å². The molecule has 1 saturated carbocycles. The van der Waals surface area contributed by atoms with Crippen molar-refractivity contribution in [2.24, 2.45) is 17.8 Å². The van der Waals surface area contributed by atoms with Crippen LogP contribution in [0.15, 0.2) is 24.5 Å². The van der Waals surface area contributed by atoms with E-state index >= 15 is 0 Å². The van der Waals surface area contributed by atoms with E-state index in [1.54, 1.807) is 6.20 Å². The monoisotopic (exact) mass is 334 g/mol. The second-order valence-electron chi connectivity index (χ2n) is 6.81. The van der Waals surface area contributed by atoms with Gasteiger partial charge >= 0.3 is 0 Å². The number of nitrogens with zero attached hydrogens (tertiary/aromatic N) is 2. The number of hydrogen-bond acceptors (Lipinski definition) is 3. The van der Waals surface area contributed by atoms with Gasteiger partial charge in [0.25, 0.3) is 0 Å². The lowest BCUT2D eigenvalue weighted by molar-refractivity contribution is -0.122. The van der Waals surface area contributed by atoms with Gasteiger partial charge in [0.15, 0.2) is 0 Å². The number of rotatable bonds is 2. The Morgan fingerprint density at radius 1 is 1.30 bits per heavy atom. The van der Waals surface area contributed by atoms with Crippen LogP contribution in [-0.2, 0) is 4.79 Å². The van der Waals surface area contributed by atoms with Gasteiger partial charge in [0.1, 0.15) is 11.5 Å². The third kappa shape index (κ3) is 3.08. The molecule has 1 aliphatic heterocycles. The normalized spacial score (nSPS) is 26.6. The van der Waals surface area contributed by atoms with Crippen molar-refractivity contribution in [1.29, 1.82) is 0 Å². The number of piperidine rings is 1. The fourth-order valence-electron chi connectivity index (χ4n) is 4.08. The molecule has 0 aromatic carbocycles. The van der Waals surface area contributed by atoms with Gasteiger partial charge in [0.2, 0.25) is 5.91 Å². The van der Waals surface area contributed by atoms with Crippen molar-refractivity contribution in [2.75, 3.05) is 18.4 Å². The fourth-order valence-corrected chi connectivity index (χ4v) is 4.08. The summed E-state index contributed by atoms with van der Waals surface area (Å²) in [4.78, 5) is 17.1. The third-order valence-electron chi connectivity index (χ3n) is 5.12. The van der Waals surface area contributed by atoms with Gasteiger partial charge in [-0.1, -0.05) is 6.07 Å². The minimum absolute atomic E-state index is 0. The number of anilines is 1. The lowest BCUT2D eigenvalue weighted by Gasteiger charge is -2.38. The number of carbonyl (C=O) groups excluding carboxylic acids is 1. The van der Waals surface area contributed by atoms with Crippen LogP contribution in [0.5, 0.6) is 0 Å². The van der Waals surface area contributed by atoms with Crippen LogP contribution in [0.3, 0.4) is 0 Å². The number of fused-ring (bicyclic) bond motifs is 3. The molecular formula is C17H23ClN4O. The topological polar surface area (TPSA) is 58.4 Å². The van der Waals surface area contributed by atoms with Gasteiger partial charge in [-0.3, -0.25) is 9.20 Å². The molecule has 2 aromatic heterocycles. The Kier molecular flexibility index (Phi) is 4.60. The average Bonchev–Trinajstić information content (AvgIpc) is 2.91. The molecule has 2 fully saturated rings. The number of hydrogen-bond donors (Lipinski definition) is 2. The van der Waals surface area contributed by atoms with Gasteiger partial charge in [-0.05, 0) is 62.7 Å². The van der Waals surface area contributed by atoms with Crippen molar-refractivity contribution in [3.63, 3.8) is 0 Å². The van der Waals surface area contributed by atoms with Crippen LogP contribution in [0.1, 0.15) is 24.8 Å². The van der Waals surface area contributed by atoms with Gasteiger partial charge in [0, 0.05) is 12.1 Å². The van der Waals surface area contributed by atoms with Crippen LogP contribution in [-0.4, -0.2) is 28.4 Å². The molecule has 0 spiro atoms. The van der Waals surface area contributed by atoms with Gasteiger partial charge in [-0.15, -0.1) is 12.4 Å². The van der Waals surface area contributed by atoms with E-state index in [9.17, 15) is 4.79 Å². The van der Waals surface area contributed by atoms with Gasteiger partial charge in [-0.25, -0.2) is 4.98 Å². The predicted molar refractivity (Wildman–Crippen MR) is 93.0 cm³/mol. The molecule has 4 rings (SSSR count). The molecule has 1 amide bonds. The first-order valence-corrected chi connectivity index (χ1v) is 8.15. The molecule has 6 heteroatoms. The van der Waals surface area contributed by atoms with Gasteiger partial charge < -0.3 is 10.6 Å². The summed E-state index contributed by atoms with van der Waals surface area (Å²) in [5.41, 5.74) is 2.02. The van der Waals surface area contributed by atoms with Crippen LogP contribution in [0.4, 0.5) is 5.82 Å². The number of pyridine rings is 1. The first-order chi connectivity index (χ1) is 10.7. The highest BCUT2D eigenvalue weighted by Crippen LogP contribution is 2.35. The second-order valence-corrected chi connectivity index (χ2v) is 6.81. The molecule has 2 atom stereocenters. The Hall–Kier alpha value is -1.59. The molecule has 124 valence electrons. The maximum atomic E-state index is 12.7. The highest BCUT2D eigenvalue weighted by atomic mass is 35.5. The smallest absolute Gasteiger partial charge is 0.228 e. The zero-order valence-corrected chi connectivity index (χ0v) is 14.1. The van der Waals surface area contributed by atoms with Crippen molar-refractivity contribution in [1.82, 2.24) is 14.7 Å². The largest absolute Gasteiger partial charge is 0.316 e. The van der Waals surface area contributed by atoms with E-state index in [4.69, 9.17) is 0 Å². The van der Waals surface area contributed by atoms with E-state index in [1.165, 1.54) is 6.42 Å². The van der Waals surface area contributed by atoms with Crippen molar-refractivity contribution >= 4 is 29.8 Å². The summed E-state index contributed by atoms with van der Waals surface area (Å²) in [6, 6.07) is 4.01. The minimum Gasteiger partial charge on any atom is -0.316 e. The molecule has 2 aliphatic rings. The van der Waals surface area contributed by atoms with Gasteiger partial charge in [0.05, 0.1) is 6.20 Å². The number of nitrogens with one attached hydrogen (secondary N) is 2. The zero-order chi connectivity index (χ0) is 15.1. The highest BCUT2D eigenvalue weighted by Gasteiger charge is 2.35. The maximum absolute atomic E-state index is 12.7. The predicted octanol–water partition coefficient (Wildman–Crippen LogP) is 2.64. The Labute approximate surface area is 142 Å². The lowest BCUT2D eigenvalue weighted by atomic mass is 9.73. The Morgan fingerprint density at radius 2 is 2.04 bits per heavy atom. The molecule has 2 bridgehead atoms. The zero-order valence-electron chi connectivity index (χ0n) is 13.3. The summed E-state index contributed by atoms with van der Waals surface area (Å²) >= 11 is 0. The first-order valence-electron chi connectivity index (χ1n) is 8.15. The van der Waals surface area contributed by atoms with Crippen molar-refractivity contribution in [3.05, 3.63) is 30.1 Å². The number of carbonyl (C=O) groups is 1. The lowest BCUT2D eigenvalue weighted by Crippen LogP contribution is -2.44. The van der Waals surface area contributed by atoms with E-state index in [1.807, 2.05) is 29.7 Å². The summed E-state index contributed by atoms with van der Waals surface area (Å²) < 4.78 is 1.96. The summed E-state index contributed by atoms with van der Waals surface area (Å²) in [7, 11) is 0. The Balaban J connectivity index is 0.00000156. The molecule has 3 heterocycles. The van der Waals surface area contributed by atoms with Crippen LogP contribution >= 0.6 is 12.4 Å². The van der Waals surface area contributed by atoms with Crippen LogP contribution < -0.4 is 10.6 Å². The van der Waals surface area contributed by atoms with Gasteiger partial charge in [-0.2, -0.15) is 0 Å². The number of aryl methyl sites for hydroxylation is 1. The van der Waals surface area contributed by atoms with E-state index in [-0.39, 0.29) is 24.2 Å². The molecule has 5 nitrogen and oxygen atoms in total. The second kappa shape index (κ2) is 6.49. The quantitative estimate of drug-likeness (QED) is 0.887. The number of imidazole rings is 1. The van der Waals surface area contributed by atoms with Crippen LogP contribution in [0.2, 0.25) is 0 Å². The Bertz CT molecular complexity index is 702. The third-order valence-corrected chi connectivity index (χ3v) is 5.12. The summed E-state index contributed by atoms with van der Waals surface area (Å²) in [6.45, 7) is 4.16. The molecular weight excluding hydrogens is 312 g/mol. The van der Waals surface area contributed by atoms with E-state index < -0.39 is 0 Å². The Morgan fingerprint density at radius 3 is 2.78 bits per heavy atom. The standard InChI is InChI=1S/C17H22N4O.ClH/c1-11-3-2-4-21-15(10-19-16(11)21)20-17(22)14-6-12-5-13(7-14)9-18-8-12;/h2-4,10,12-14,18H,5-9H2,1H3,(H,20,22);1H. The van der Waals surface area contributed by atoms with Crippen molar-refractivity contribution < 1.29 is 4.79 Å².